The minimum Gasteiger partial charge on any atom is -0.545 e. The molecule has 0 heterocycles. The first-order valence-electron chi connectivity index (χ1n) is 8.87. The van der Waals surface area contributed by atoms with Crippen molar-refractivity contribution in [3.63, 3.8) is 0 Å². The van der Waals surface area contributed by atoms with Crippen LogP contribution in [0.5, 0.6) is 0 Å². The average Bonchev–Trinajstić information content (AvgIpc) is 2.68. The van der Waals surface area contributed by atoms with E-state index in [9.17, 15) is 24.8 Å². The lowest BCUT2D eigenvalue weighted by Gasteiger charge is -2.23. The summed E-state index contributed by atoms with van der Waals surface area (Å²) >= 11 is 0. The Morgan fingerprint density at radius 1 is 1.00 bits per heavy atom. The number of benzene rings is 2. The molecule has 1 fully saturated rings. The molecule has 7 heteroatoms. The Labute approximate surface area is 156 Å². The number of nitrogens with one attached hydrogen (secondary N) is 1. The lowest BCUT2D eigenvalue weighted by atomic mass is 9.94. The second kappa shape index (κ2) is 7.99. The third-order valence-corrected chi connectivity index (χ3v) is 4.81. The maximum Gasteiger partial charge on any atom is 0.293 e. The number of carboxylic acid groups (broad SMARTS) is 1. The number of carbonyl (C=O) groups is 2. The Bertz CT molecular complexity index is 888. The molecule has 0 bridgehead atoms. The molecule has 0 aliphatic heterocycles. The normalized spacial score (nSPS) is 14.5. The van der Waals surface area contributed by atoms with Gasteiger partial charge in [0.1, 0.15) is 5.69 Å². The fourth-order valence-corrected chi connectivity index (χ4v) is 3.43. The molecule has 1 aliphatic rings. The van der Waals surface area contributed by atoms with Gasteiger partial charge in [-0.1, -0.05) is 43.5 Å². The molecular formula is C20H19N2O5-. The van der Waals surface area contributed by atoms with Gasteiger partial charge in [-0.3, -0.25) is 14.9 Å². The van der Waals surface area contributed by atoms with Crippen molar-refractivity contribution in [2.45, 2.75) is 38.1 Å². The quantitative estimate of drug-likeness (QED) is 0.477. The van der Waals surface area contributed by atoms with Crippen molar-refractivity contribution in [2.24, 2.45) is 0 Å². The maximum atomic E-state index is 12.7. The molecule has 0 aromatic heterocycles. The average molecular weight is 367 g/mol. The van der Waals surface area contributed by atoms with Crippen molar-refractivity contribution in [1.29, 1.82) is 0 Å². The molecule has 0 radical (unpaired) electrons. The fraction of sp³-hybridized carbons (Fsp3) is 0.300. The summed E-state index contributed by atoms with van der Waals surface area (Å²) in [5.74, 6) is -2.06. The van der Waals surface area contributed by atoms with E-state index in [1.165, 1.54) is 48.9 Å². The molecule has 140 valence electrons. The van der Waals surface area contributed by atoms with Gasteiger partial charge in [-0.15, -0.1) is 0 Å². The van der Waals surface area contributed by atoms with Crippen molar-refractivity contribution < 1.29 is 19.6 Å². The van der Waals surface area contributed by atoms with E-state index in [1.807, 2.05) is 0 Å². The Kier molecular flexibility index (Phi) is 5.49. The van der Waals surface area contributed by atoms with Gasteiger partial charge in [0, 0.05) is 28.8 Å². The summed E-state index contributed by atoms with van der Waals surface area (Å²) in [6.07, 6.45) is 5.25. The number of carbonyl (C=O) groups excluding carboxylic acids is 2. The molecule has 7 nitrogen and oxygen atoms in total. The first-order valence-corrected chi connectivity index (χ1v) is 8.87. The van der Waals surface area contributed by atoms with Crippen LogP contribution in [0, 0.1) is 10.1 Å². The van der Waals surface area contributed by atoms with Crippen LogP contribution < -0.4 is 10.4 Å². The van der Waals surface area contributed by atoms with Gasteiger partial charge >= 0.3 is 0 Å². The van der Waals surface area contributed by atoms with Crippen molar-refractivity contribution in [2.75, 3.05) is 5.32 Å². The first-order chi connectivity index (χ1) is 13.0. The minimum absolute atomic E-state index is 0.0558. The Morgan fingerprint density at radius 2 is 1.67 bits per heavy atom. The third-order valence-electron chi connectivity index (χ3n) is 4.81. The highest BCUT2D eigenvalue weighted by Gasteiger charge is 2.22. The number of ketones is 1. The van der Waals surface area contributed by atoms with Crippen LogP contribution in [0.1, 0.15) is 58.4 Å². The molecule has 0 saturated heterocycles. The summed E-state index contributed by atoms with van der Waals surface area (Å²) in [4.78, 5) is 34.9. The number of anilines is 1. The molecule has 0 spiro atoms. The van der Waals surface area contributed by atoms with E-state index in [0.29, 0.717) is 5.69 Å². The van der Waals surface area contributed by atoms with Crippen LogP contribution in [0.2, 0.25) is 0 Å². The van der Waals surface area contributed by atoms with Gasteiger partial charge in [-0.25, -0.2) is 0 Å². The first kappa shape index (κ1) is 18.6. The van der Waals surface area contributed by atoms with Crippen LogP contribution in [-0.4, -0.2) is 22.7 Å². The maximum absolute atomic E-state index is 12.7. The summed E-state index contributed by atoms with van der Waals surface area (Å²) in [5.41, 5.74) is -0.0621. The number of nitrogens with zero attached hydrogens (tertiary/aromatic N) is 1. The predicted octanol–water partition coefficient (Wildman–Crippen LogP) is 2.93. The van der Waals surface area contributed by atoms with E-state index < -0.39 is 16.7 Å². The Hall–Kier alpha value is -3.22. The van der Waals surface area contributed by atoms with Crippen molar-refractivity contribution in [3.8, 4) is 0 Å². The van der Waals surface area contributed by atoms with Crippen LogP contribution >= 0.6 is 0 Å². The fourth-order valence-electron chi connectivity index (χ4n) is 3.43. The Balaban J connectivity index is 1.93. The highest BCUT2D eigenvalue weighted by molar-refractivity contribution is 6.14. The van der Waals surface area contributed by atoms with Gasteiger partial charge in [-0.2, -0.15) is 0 Å². The summed E-state index contributed by atoms with van der Waals surface area (Å²) in [5, 5.41) is 25.9. The topological polar surface area (TPSA) is 112 Å². The van der Waals surface area contributed by atoms with Crippen molar-refractivity contribution in [3.05, 3.63) is 69.3 Å². The van der Waals surface area contributed by atoms with Gasteiger partial charge in [0.05, 0.1) is 10.9 Å². The van der Waals surface area contributed by atoms with Crippen LogP contribution in [0.25, 0.3) is 0 Å². The van der Waals surface area contributed by atoms with Crippen LogP contribution in [0.3, 0.4) is 0 Å². The SMILES string of the molecule is O=C([O-])c1ccccc1C(=O)c1ccc(NC2CCCCC2)c([N+](=O)[O-])c1. The number of nitro benzene ring substituents is 1. The largest absolute Gasteiger partial charge is 0.545 e. The number of aromatic carboxylic acids is 1. The zero-order chi connectivity index (χ0) is 19.4. The third kappa shape index (κ3) is 4.13. The molecule has 27 heavy (non-hydrogen) atoms. The molecule has 1 aliphatic carbocycles. The molecular weight excluding hydrogens is 348 g/mol. The summed E-state index contributed by atoms with van der Waals surface area (Å²) in [6.45, 7) is 0. The zero-order valence-electron chi connectivity index (χ0n) is 14.6. The molecule has 1 N–H and O–H groups in total. The van der Waals surface area contributed by atoms with Gasteiger partial charge < -0.3 is 15.2 Å². The standard InChI is InChI=1S/C20H20N2O5/c23-19(15-8-4-5-9-16(15)20(24)25)13-10-11-17(18(12-13)22(26)27)21-14-6-2-1-3-7-14/h4-5,8-12,14,21H,1-3,6-7H2,(H,24,25)/p-1. The van der Waals surface area contributed by atoms with Gasteiger partial charge in [0.25, 0.3) is 5.69 Å². The van der Waals surface area contributed by atoms with E-state index in [4.69, 9.17) is 0 Å². The van der Waals surface area contributed by atoms with Crippen molar-refractivity contribution in [1.82, 2.24) is 0 Å². The number of nitro groups is 1. The second-order valence-electron chi connectivity index (χ2n) is 6.63. The molecule has 0 atom stereocenters. The van der Waals surface area contributed by atoms with Gasteiger partial charge in [-0.05, 0) is 25.0 Å². The van der Waals surface area contributed by atoms with Crippen LogP contribution in [-0.2, 0) is 0 Å². The van der Waals surface area contributed by atoms with E-state index in [-0.39, 0.29) is 28.4 Å². The number of rotatable bonds is 6. The van der Waals surface area contributed by atoms with Crippen LogP contribution in [0.15, 0.2) is 42.5 Å². The lowest BCUT2D eigenvalue weighted by Crippen LogP contribution is -2.25. The highest BCUT2D eigenvalue weighted by Crippen LogP contribution is 2.30. The van der Waals surface area contributed by atoms with E-state index in [0.717, 1.165) is 25.7 Å². The number of carboxylic acids is 1. The molecule has 3 rings (SSSR count). The van der Waals surface area contributed by atoms with Crippen LogP contribution in [0.4, 0.5) is 11.4 Å². The molecule has 1 saturated carbocycles. The summed E-state index contributed by atoms with van der Waals surface area (Å²) in [6, 6.07) is 10.0. The number of hydrogen-bond acceptors (Lipinski definition) is 6. The lowest BCUT2D eigenvalue weighted by molar-refractivity contribution is -0.384. The minimum atomic E-state index is -1.47. The molecule has 2 aromatic rings. The molecule has 0 amide bonds. The highest BCUT2D eigenvalue weighted by atomic mass is 16.6. The van der Waals surface area contributed by atoms with E-state index in [2.05, 4.69) is 5.32 Å². The summed E-state index contributed by atoms with van der Waals surface area (Å²) < 4.78 is 0. The molecule has 2 aromatic carbocycles. The predicted molar refractivity (Wildman–Crippen MR) is 97.8 cm³/mol. The smallest absolute Gasteiger partial charge is 0.293 e. The second-order valence-corrected chi connectivity index (χ2v) is 6.63. The zero-order valence-corrected chi connectivity index (χ0v) is 14.6. The monoisotopic (exact) mass is 367 g/mol. The molecule has 0 unspecified atom stereocenters. The van der Waals surface area contributed by atoms with Gasteiger partial charge in [0.15, 0.2) is 5.78 Å². The van der Waals surface area contributed by atoms with Crippen molar-refractivity contribution >= 4 is 23.1 Å². The Morgan fingerprint density at radius 3 is 2.30 bits per heavy atom. The van der Waals surface area contributed by atoms with Gasteiger partial charge in [0.2, 0.25) is 0 Å². The number of hydrogen-bond donors (Lipinski definition) is 1. The summed E-state index contributed by atoms with van der Waals surface area (Å²) in [7, 11) is 0. The van der Waals surface area contributed by atoms with E-state index >= 15 is 0 Å². The van der Waals surface area contributed by atoms with E-state index in [1.54, 1.807) is 0 Å².